The van der Waals surface area contributed by atoms with Gasteiger partial charge in [0.15, 0.2) is 5.54 Å². The Morgan fingerprint density at radius 3 is 2.80 bits per heavy atom. The normalized spacial score (nSPS) is 21.4. The van der Waals surface area contributed by atoms with Crippen molar-refractivity contribution in [2.24, 2.45) is 0 Å². The number of aliphatic carboxylic acids is 1. The van der Waals surface area contributed by atoms with Crippen molar-refractivity contribution >= 4 is 11.9 Å². The van der Waals surface area contributed by atoms with Crippen molar-refractivity contribution in [1.29, 1.82) is 0 Å². The molecule has 1 fully saturated rings. The maximum absolute atomic E-state index is 12.3. The Kier molecular flexibility index (Phi) is 4.24. The molecule has 0 aliphatic carbocycles. The molecular weight excluding hydrogens is 262 g/mol. The molecule has 1 heterocycles. The molecule has 1 aromatic rings. The smallest absolute Gasteiger partial charge is 0.331 e. The Balaban J connectivity index is 2.21. The predicted molar refractivity (Wildman–Crippen MR) is 70.9 cm³/mol. The minimum Gasteiger partial charge on any atom is -0.493 e. The van der Waals surface area contributed by atoms with Gasteiger partial charge < -0.3 is 19.9 Å². The molecule has 1 amide bonds. The van der Waals surface area contributed by atoms with Crippen molar-refractivity contribution in [2.75, 3.05) is 19.8 Å². The SMILES string of the molecule is CCOc1ccccc1C(=O)NC1(C(=O)O)CCOC1. The first kappa shape index (κ1) is 14.3. The lowest BCUT2D eigenvalue weighted by molar-refractivity contribution is -0.144. The summed E-state index contributed by atoms with van der Waals surface area (Å²) in [5.74, 6) is -1.12. The minimum atomic E-state index is -1.35. The van der Waals surface area contributed by atoms with Crippen LogP contribution in [0.15, 0.2) is 24.3 Å². The van der Waals surface area contributed by atoms with E-state index in [0.717, 1.165) is 0 Å². The maximum Gasteiger partial charge on any atom is 0.331 e. The standard InChI is InChI=1S/C14H17NO5/c1-2-20-11-6-4-3-5-10(11)12(16)15-14(13(17)18)7-8-19-9-14/h3-6H,2,7-9H2,1H3,(H,15,16)(H,17,18). The van der Waals surface area contributed by atoms with Crippen molar-refractivity contribution in [1.82, 2.24) is 5.32 Å². The van der Waals surface area contributed by atoms with Gasteiger partial charge in [-0.25, -0.2) is 4.79 Å². The summed E-state index contributed by atoms with van der Waals surface area (Å²) in [6, 6.07) is 6.74. The van der Waals surface area contributed by atoms with E-state index >= 15 is 0 Å². The third-order valence-electron chi connectivity index (χ3n) is 3.22. The number of carbonyl (C=O) groups excluding carboxylic acids is 1. The number of para-hydroxylation sites is 1. The van der Waals surface area contributed by atoms with E-state index in [-0.39, 0.29) is 13.0 Å². The van der Waals surface area contributed by atoms with Crippen LogP contribution in [0.2, 0.25) is 0 Å². The first-order valence-electron chi connectivity index (χ1n) is 6.44. The van der Waals surface area contributed by atoms with Crippen molar-refractivity contribution in [3.63, 3.8) is 0 Å². The fourth-order valence-electron chi connectivity index (χ4n) is 2.11. The number of ether oxygens (including phenoxy) is 2. The number of carbonyl (C=O) groups is 2. The van der Waals surface area contributed by atoms with Crippen LogP contribution in [0.3, 0.4) is 0 Å². The molecule has 0 aromatic heterocycles. The summed E-state index contributed by atoms with van der Waals surface area (Å²) < 4.78 is 10.5. The predicted octanol–water partition coefficient (Wildman–Crippen LogP) is 1.06. The summed E-state index contributed by atoms with van der Waals surface area (Å²) in [4.78, 5) is 23.7. The van der Waals surface area contributed by atoms with Crippen LogP contribution < -0.4 is 10.1 Å². The van der Waals surface area contributed by atoms with Gasteiger partial charge in [-0.3, -0.25) is 4.79 Å². The highest BCUT2D eigenvalue weighted by Crippen LogP contribution is 2.23. The molecule has 0 radical (unpaired) electrons. The number of nitrogens with one attached hydrogen (secondary N) is 1. The number of amides is 1. The van der Waals surface area contributed by atoms with Crippen LogP contribution in [0.5, 0.6) is 5.75 Å². The lowest BCUT2D eigenvalue weighted by atomic mass is 9.98. The van der Waals surface area contributed by atoms with Crippen LogP contribution in [-0.4, -0.2) is 42.3 Å². The molecular formula is C14H17NO5. The molecule has 20 heavy (non-hydrogen) atoms. The highest BCUT2D eigenvalue weighted by atomic mass is 16.5. The van der Waals surface area contributed by atoms with Crippen molar-refractivity contribution < 1.29 is 24.2 Å². The molecule has 1 atom stereocenters. The summed E-state index contributed by atoms with van der Waals surface area (Å²) >= 11 is 0. The summed E-state index contributed by atoms with van der Waals surface area (Å²) in [6.45, 7) is 2.54. The Morgan fingerprint density at radius 2 is 2.20 bits per heavy atom. The highest BCUT2D eigenvalue weighted by Gasteiger charge is 2.44. The number of benzene rings is 1. The van der Waals surface area contributed by atoms with Gasteiger partial charge >= 0.3 is 5.97 Å². The van der Waals surface area contributed by atoms with Gasteiger partial charge in [0.1, 0.15) is 5.75 Å². The van der Waals surface area contributed by atoms with Gasteiger partial charge in [-0.15, -0.1) is 0 Å². The average molecular weight is 279 g/mol. The molecule has 0 saturated carbocycles. The average Bonchev–Trinajstić information content (AvgIpc) is 2.89. The quantitative estimate of drug-likeness (QED) is 0.841. The topological polar surface area (TPSA) is 84.9 Å². The van der Waals surface area contributed by atoms with Crippen LogP contribution in [-0.2, 0) is 9.53 Å². The molecule has 108 valence electrons. The summed E-state index contributed by atoms with van der Waals surface area (Å²) in [6.07, 6.45) is 0.255. The molecule has 1 aliphatic heterocycles. The summed E-state index contributed by atoms with van der Waals surface area (Å²) in [5.41, 5.74) is -1.03. The molecule has 2 N–H and O–H groups in total. The van der Waals surface area contributed by atoms with Crippen molar-refractivity contribution in [2.45, 2.75) is 18.9 Å². The van der Waals surface area contributed by atoms with Crippen LogP contribution in [0, 0.1) is 0 Å². The molecule has 2 rings (SSSR count). The first-order valence-corrected chi connectivity index (χ1v) is 6.44. The van der Waals surface area contributed by atoms with Gasteiger partial charge in [-0.1, -0.05) is 12.1 Å². The zero-order chi connectivity index (χ0) is 14.6. The fourth-order valence-corrected chi connectivity index (χ4v) is 2.11. The third kappa shape index (κ3) is 2.75. The van der Waals surface area contributed by atoms with E-state index < -0.39 is 17.4 Å². The number of carboxylic acid groups (broad SMARTS) is 1. The zero-order valence-electron chi connectivity index (χ0n) is 11.2. The molecule has 1 aromatic carbocycles. The molecule has 0 spiro atoms. The zero-order valence-corrected chi connectivity index (χ0v) is 11.2. The molecule has 1 unspecified atom stereocenters. The van der Waals surface area contributed by atoms with E-state index in [0.29, 0.717) is 24.5 Å². The summed E-state index contributed by atoms with van der Waals surface area (Å²) in [5, 5.41) is 11.9. The van der Waals surface area contributed by atoms with Gasteiger partial charge in [0.05, 0.1) is 18.8 Å². The molecule has 6 nitrogen and oxygen atoms in total. The second-order valence-electron chi connectivity index (χ2n) is 4.57. The Labute approximate surface area is 116 Å². The first-order chi connectivity index (χ1) is 9.59. The molecule has 1 saturated heterocycles. The Morgan fingerprint density at radius 1 is 1.45 bits per heavy atom. The fraction of sp³-hybridized carbons (Fsp3) is 0.429. The number of rotatable bonds is 5. The van der Waals surface area contributed by atoms with Gasteiger partial charge in [0, 0.05) is 13.0 Å². The van der Waals surface area contributed by atoms with Gasteiger partial charge in [-0.05, 0) is 19.1 Å². The van der Waals surface area contributed by atoms with Gasteiger partial charge in [0.25, 0.3) is 5.91 Å². The molecule has 0 bridgehead atoms. The Bertz CT molecular complexity index is 508. The minimum absolute atomic E-state index is 0.0229. The molecule has 1 aliphatic rings. The van der Waals surface area contributed by atoms with Crippen LogP contribution in [0.1, 0.15) is 23.7 Å². The summed E-state index contributed by atoms with van der Waals surface area (Å²) in [7, 11) is 0. The van der Waals surface area contributed by atoms with E-state index in [9.17, 15) is 14.7 Å². The van der Waals surface area contributed by atoms with Gasteiger partial charge in [-0.2, -0.15) is 0 Å². The largest absolute Gasteiger partial charge is 0.493 e. The Hall–Kier alpha value is -2.08. The number of hydrogen-bond donors (Lipinski definition) is 2. The second kappa shape index (κ2) is 5.92. The van der Waals surface area contributed by atoms with E-state index in [1.54, 1.807) is 24.3 Å². The van der Waals surface area contributed by atoms with Crippen LogP contribution >= 0.6 is 0 Å². The monoisotopic (exact) mass is 279 g/mol. The maximum atomic E-state index is 12.3. The van der Waals surface area contributed by atoms with Crippen LogP contribution in [0.25, 0.3) is 0 Å². The highest BCUT2D eigenvalue weighted by molar-refractivity contribution is 6.00. The lowest BCUT2D eigenvalue weighted by Gasteiger charge is -2.24. The van der Waals surface area contributed by atoms with E-state index in [2.05, 4.69) is 5.32 Å². The van der Waals surface area contributed by atoms with E-state index in [4.69, 9.17) is 9.47 Å². The van der Waals surface area contributed by atoms with Crippen molar-refractivity contribution in [3.05, 3.63) is 29.8 Å². The number of carboxylic acids is 1. The van der Waals surface area contributed by atoms with E-state index in [1.165, 1.54) is 0 Å². The van der Waals surface area contributed by atoms with Crippen molar-refractivity contribution in [3.8, 4) is 5.75 Å². The van der Waals surface area contributed by atoms with Crippen LogP contribution in [0.4, 0.5) is 0 Å². The van der Waals surface area contributed by atoms with Gasteiger partial charge in [0.2, 0.25) is 0 Å². The second-order valence-corrected chi connectivity index (χ2v) is 4.57. The third-order valence-corrected chi connectivity index (χ3v) is 3.22. The van der Waals surface area contributed by atoms with E-state index in [1.807, 2.05) is 6.92 Å². The lowest BCUT2D eigenvalue weighted by Crippen LogP contribution is -2.55. The molecule has 6 heteroatoms. The number of hydrogen-bond acceptors (Lipinski definition) is 4.